The third-order valence-electron chi connectivity index (χ3n) is 5.96. The van der Waals surface area contributed by atoms with Gasteiger partial charge in [0.1, 0.15) is 0 Å². The molecule has 4 aromatic carbocycles. The van der Waals surface area contributed by atoms with Gasteiger partial charge >= 0.3 is 26.2 Å². The van der Waals surface area contributed by atoms with E-state index >= 15 is 0 Å². The van der Waals surface area contributed by atoms with Gasteiger partial charge in [-0.05, 0) is 43.0 Å². The molecule has 0 heterocycles. The van der Waals surface area contributed by atoms with Gasteiger partial charge in [0.2, 0.25) is 0 Å². The normalized spacial score (nSPS) is 14.3. The number of hydrogen-bond acceptors (Lipinski definition) is 0. The van der Waals surface area contributed by atoms with Crippen LogP contribution in [0.2, 0.25) is 0 Å². The summed E-state index contributed by atoms with van der Waals surface area (Å²) in [6, 6.07) is 24.6. The smallest absolute Gasteiger partial charge is 1.00 e. The third-order valence-corrected chi connectivity index (χ3v) is 5.96. The SMILES string of the molecule is CC(C)=Cc1ccc(C2=CC=CC2c2cccc3c2[cH-]c2ccccc23)c(C)c1.[Cl-].[Cl-].[Zr+3]. The van der Waals surface area contributed by atoms with E-state index in [1.165, 1.54) is 54.9 Å². The zero-order valence-corrected chi connectivity index (χ0v) is 22.5. The maximum atomic E-state index is 2.36. The first-order valence-corrected chi connectivity index (χ1v) is 10.3. The second-order valence-corrected chi connectivity index (χ2v) is 8.32. The van der Waals surface area contributed by atoms with Crippen LogP contribution in [0, 0.1) is 6.92 Å². The van der Waals surface area contributed by atoms with Crippen molar-refractivity contribution in [3.05, 3.63) is 113 Å². The van der Waals surface area contributed by atoms with Crippen molar-refractivity contribution in [3.8, 4) is 0 Å². The molecule has 0 aromatic heterocycles. The Bertz CT molecular complexity index is 1330. The van der Waals surface area contributed by atoms with Crippen LogP contribution in [0.5, 0.6) is 0 Å². The largest absolute Gasteiger partial charge is 3.00 e. The number of benzene rings is 3. The summed E-state index contributed by atoms with van der Waals surface area (Å²) in [6.45, 7) is 6.52. The molecule has 0 saturated heterocycles. The van der Waals surface area contributed by atoms with E-state index in [0.717, 1.165) is 0 Å². The average Bonchev–Trinajstić information content (AvgIpc) is 3.32. The summed E-state index contributed by atoms with van der Waals surface area (Å²) in [6.07, 6.45) is 9.08. The molecule has 0 fully saturated rings. The molecule has 1 unspecified atom stereocenters. The van der Waals surface area contributed by atoms with Gasteiger partial charge in [0.15, 0.2) is 0 Å². The fourth-order valence-electron chi connectivity index (χ4n) is 4.71. The maximum absolute atomic E-state index is 2.36. The predicted molar refractivity (Wildman–Crippen MR) is 127 cm³/mol. The quantitative estimate of drug-likeness (QED) is 0.353. The molecule has 1 aliphatic rings. The van der Waals surface area contributed by atoms with E-state index in [4.69, 9.17) is 0 Å². The van der Waals surface area contributed by atoms with Crippen LogP contribution < -0.4 is 24.8 Å². The topological polar surface area (TPSA) is 0 Å². The Morgan fingerprint density at radius 1 is 0.906 bits per heavy atom. The molecule has 1 atom stereocenters. The van der Waals surface area contributed by atoms with E-state index in [1.807, 2.05) is 0 Å². The molecule has 32 heavy (non-hydrogen) atoms. The molecule has 3 heteroatoms. The van der Waals surface area contributed by atoms with E-state index < -0.39 is 0 Å². The molecule has 0 bridgehead atoms. The summed E-state index contributed by atoms with van der Waals surface area (Å²) >= 11 is 0. The second kappa shape index (κ2) is 10.9. The van der Waals surface area contributed by atoms with E-state index in [2.05, 4.69) is 112 Å². The van der Waals surface area contributed by atoms with Crippen molar-refractivity contribution >= 4 is 33.2 Å². The molecule has 0 saturated carbocycles. The summed E-state index contributed by atoms with van der Waals surface area (Å²) in [5.74, 6) is 0.295. The molecule has 1 aliphatic carbocycles. The van der Waals surface area contributed by atoms with Crippen LogP contribution in [0.15, 0.2) is 90.5 Å². The van der Waals surface area contributed by atoms with Gasteiger partial charge in [-0.1, -0.05) is 90.0 Å². The Hall–Kier alpha value is -1.79. The minimum absolute atomic E-state index is 0. The fourth-order valence-corrected chi connectivity index (χ4v) is 4.71. The molecular formula is C29H25Cl2Zr. The van der Waals surface area contributed by atoms with Crippen molar-refractivity contribution in [2.24, 2.45) is 0 Å². The summed E-state index contributed by atoms with van der Waals surface area (Å²) in [7, 11) is 0. The van der Waals surface area contributed by atoms with Crippen LogP contribution in [0.3, 0.4) is 0 Å². The summed E-state index contributed by atoms with van der Waals surface area (Å²) in [5, 5.41) is 5.40. The van der Waals surface area contributed by atoms with Crippen molar-refractivity contribution < 1.29 is 51.0 Å². The number of allylic oxidation sites excluding steroid dienone is 5. The Balaban J connectivity index is 0.00000121. The fraction of sp³-hybridized carbons (Fsp3) is 0.138. The minimum Gasteiger partial charge on any atom is -1.00 e. The van der Waals surface area contributed by atoms with Gasteiger partial charge < -0.3 is 24.8 Å². The van der Waals surface area contributed by atoms with Crippen LogP contribution in [0.4, 0.5) is 0 Å². The van der Waals surface area contributed by atoms with Crippen LogP contribution in [-0.4, -0.2) is 0 Å². The zero-order chi connectivity index (χ0) is 20.0. The Morgan fingerprint density at radius 3 is 2.41 bits per heavy atom. The molecule has 1 radical (unpaired) electrons. The minimum atomic E-state index is 0. The van der Waals surface area contributed by atoms with Crippen LogP contribution in [0.1, 0.15) is 42.0 Å². The van der Waals surface area contributed by atoms with Gasteiger partial charge in [-0.15, -0.1) is 33.7 Å². The van der Waals surface area contributed by atoms with E-state index in [0.29, 0.717) is 5.92 Å². The van der Waals surface area contributed by atoms with E-state index in [9.17, 15) is 0 Å². The molecule has 159 valence electrons. The molecular weight excluding hydrogens is 510 g/mol. The van der Waals surface area contributed by atoms with Crippen molar-refractivity contribution in [3.63, 3.8) is 0 Å². The first-order chi connectivity index (χ1) is 14.1. The van der Waals surface area contributed by atoms with Crippen LogP contribution >= 0.6 is 0 Å². The average molecular weight is 536 g/mol. The Morgan fingerprint density at radius 2 is 1.66 bits per heavy atom. The van der Waals surface area contributed by atoms with Crippen molar-refractivity contribution in [2.75, 3.05) is 0 Å². The second-order valence-electron chi connectivity index (χ2n) is 8.32. The molecule has 0 amide bonds. The van der Waals surface area contributed by atoms with Crippen molar-refractivity contribution in [1.82, 2.24) is 0 Å². The van der Waals surface area contributed by atoms with Gasteiger partial charge in [-0.2, -0.15) is 0 Å². The standard InChI is InChI=1S/C29H25.2ClH.Zr/c1-19(2)16-21-14-15-23(20(3)17-21)25-10-6-12-27(25)28-13-7-11-26-24-9-5-4-8-22(24)18-29(26)28;;;/h4-18,27H,1-3H3;2*1H;/q-1;;;+3/p-2. The summed E-state index contributed by atoms with van der Waals surface area (Å²) in [4.78, 5) is 0. The van der Waals surface area contributed by atoms with Gasteiger partial charge in [0.25, 0.3) is 0 Å². The third kappa shape index (κ3) is 4.77. The van der Waals surface area contributed by atoms with E-state index in [1.54, 1.807) is 0 Å². The van der Waals surface area contributed by atoms with Crippen LogP contribution in [0.25, 0.3) is 33.2 Å². The number of rotatable bonds is 3. The number of halogens is 2. The molecule has 5 rings (SSSR count). The molecule has 0 aliphatic heterocycles. The predicted octanol–water partition coefficient (Wildman–Crippen LogP) is 2.19. The van der Waals surface area contributed by atoms with E-state index in [-0.39, 0.29) is 51.0 Å². The first-order valence-electron chi connectivity index (χ1n) is 10.3. The van der Waals surface area contributed by atoms with Crippen molar-refractivity contribution in [1.29, 1.82) is 0 Å². The Kier molecular flexibility index (Phi) is 9.00. The number of aryl methyl sites for hydroxylation is 1. The van der Waals surface area contributed by atoms with Gasteiger partial charge in [0, 0.05) is 5.92 Å². The number of hydrogen-bond donors (Lipinski definition) is 0. The molecule has 0 nitrogen and oxygen atoms in total. The summed E-state index contributed by atoms with van der Waals surface area (Å²) < 4.78 is 0. The number of fused-ring (bicyclic) bond motifs is 3. The monoisotopic (exact) mass is 533 g/mol. The zero-order valence-electron chi connectivity index (χ0n) is 18.5. The van der Waals surface area contributed by atoms with Gasteiger partial charge in [-0.3, -0.25) is 0 Å². The van der Waals surface area contributed by atoms with Crippen LogP contribution in [-0.2, 0) is 26.2 Å². The van der Waals surface area contributed by atoms with Crippen molar-refractivity contribution in [2.45, 2.75) is 26.7 Å². The maximum Gasteiger partial charge on any atom is 3.00 e. The molecule has 0 spiro atoms. The van der Waals surface area contributed by atoms with Gasteiger partial charge in [0.05, 0.1) is 0 Å². The Labute approximate surface area is 222 Å². The van der Waals surface area contributed by atoms with Gasteiger partial charge in [-0.25, -0.2) is 0 Å². The molecule has 4 aromatic rings. The first kappa shape index (κ1) is 26.5. The summed E-state index contributed by atoms with van der Waals surface area (Å²) in [5.41, 5.74) is 8.07. The molecule has 0 N–H and O–H groups in total.